The maximum absolute atomic E-state index is 14.4. The normalized spacial score (nSPS) is 22.7. The van der Waals surface area contributed by atoms with Crippen molar-refractivity contribution in [2.75, 3.05) is 4.90 Å². The van der Waals surface area contributed by atoms with Crippen molar-refractivity contribution >= 4 is 45.0 Å². The smallest absolute Gasteiger partial charge is 0.186 e. The second kappa shape index (κ2) is 7.98. The zero-order valence-electron chi connectivity index (χ0n) is 19.5. The van der Waals surface area contributed by atoms with E-state index in [2.05, 4.69) is 15.9 Å². The van der Waals surface area contributed by atoms with Crippen LogP contribution in [0.4, 0.5) is 5.69 Å². The molecule has 3 unspecified atom stereocenters. The van der Waals surface area contributed by atoms with Crippen molar-refractivity contribution in [2.45, 2.75) is 18.0 Å². The minimum Gasteiger partial charge on any atom is -0.469 e. The molecule has 3 heterocycles. The number of furan rings is 1. The number of rotatable bonds is 3. The highest BCUT2D eigenvalue weighted by atomic mass is 79.9. The first kappa shape index (κ1) is 22.2. The molecule has 0 bridgehead atoms. The van der Waals surface area contributed by atoms with Crippen molar-refractivity contribution in [2.24, 2.45) is 5.41 Å². The van der Waals surface area contributed by atoms with Crippen LogP contribution in [-0.2, 0) is 0 Å². The molecule has 180 valence electrons. The Kier molecular flexibility index (Phi) is 4.79. The van der Waals surface area contributed by atoms with E-state index >= 15 is 0 Å². The predicted molar refractivity (Wildman–Crippen MR) is 143 cm³/mol. The highest BCUT2D eigenvalue weighted by Gasteiger charge is 2.72. The number of anilines is 1. The van der Waals surface area contributed by atoms with Gasteiger partial charge in [-0.1, -0.05) is 82.7 Å². The van der Waals surface area contributed by atoms with E-state index in [9.17, 15) is 14.4 Å². The fraction of sp³-hybridized carbons (Fsp3) is 0.129. The van der Waals surface area contributed by atoms with Gasteiger partial charge in [0.05, 0.1) is 18.2 Å². The second-order valence-corrected chi connectivity index (χ2v) is 10.6. The van der Waals surface area contributed by atoms with Gasteiger partial charge in [-0.15, -0.1) is 0 Å². The van der Waals surface area contributed by atoms with Gasteiger partial charge in [-0.3, -0.25) is 14.4 Å². The third-order valence-corrected chi connectivity index (χ3v) is 8.44. The topological polar surface area (TPSA) is 67.6 Å². The summed E-state index contributed by atoms with van der Waals surface area (Å²) in [4.78, 5) is 45.2. The van der Waals surface area contributed by atoms with Crippen molar-refractivity contribution in [1.29, 1.82) is 0 Å². The molecule has 7 rings (SSSR count). The number of carbonyl (C=O) groups is 3. The van der Waals surface area contributed by atoms with Crippen LogP contribution in [0.1, 0.15) is 48.3 Å². The predicted octanol–water partition coefficient (Wildman–Crippen LogP) is 6.36. The second-order valence-electron chi connectivity index (χ2n) is 9.66. The number of benzene rings is 3. The molecule has 37 heavy (non-hydrogen) atoms. The van der Waals surface area contributed by atoms with Gasteiger partial charge in [0.2, 0.25) is 0 Å². The Morgan fingerprint density at radius 3 is 2.24 bits per heavy atom. The van der Waals surface area contributed by atoms with Crippen LogP contribution < -0.4 is 4.90 Å². The minimum absolute atomic E-state index is 0.162. The highest BCUT2D eigenvalue weighted by Crippen LogP contribution is 2.61. The molecule has 2 aliphatic heterocycles. The van der Waals surface area contributed by atoms with Crippen molar-refractivity contribution in [1.82, 2.24) is 0 Å². The van der Waals surface area contributed by atoms with Crippen LogP contribution in [0.5, 0.6) is 0 Å². The van der Waals surface area contributed by atoms with Crippen LogP contribution in [0, 0.1) is 5.41 Å². The Bertz CT molecular complexity index is 1590. The van der Waals surface area contributed by atoms with Crippen LogP contribution in [0.2, 0.25) is 0 Å². The van der Waals surface area contributed by atoms with E-state index in [1.165, 1.54) is 6.26 Å². The number of halogens is 1. The summed E-state index contributed by atoms with van der Waals surface area (Å²) in [5, 5.41) is 0. The number of ketones is 3. The van der Waals surface area contributed by atoms with Gasteiger partial charge in [-0.25, -0.2) is 0 Å². The molecule has 1 spiro atoms. The first-order valence-electron chi connectivity index (χ1n) is 12.1. The average Bonchev–Trinajstić information content (AvgIpc) is 3.62. The van der Waals surface area contributed by atoms with Gasteiger partial charge in [0.1, 0.15) is 17.2 Å². The molecule has 1 fully saturated rings. The summed E-state index contributed by atoms with van der Waals surface area (Å²) in [5.41, 5.74) is 1.47. The standard InChI is InChI=1S/C31H20BrNO4/c32-20-13-14-23-19(17-20)12-15-25-31(29(35)21-9-4-5-10-22(21)30(31)36)26(24-11-6-16-37-24)27(33(23)25)28(34)18-7-2-1-3-8-18/h1-17,25-27H. The molecule has 0 saturated carbocycles. The number of carbonyl (C=O) groups excluding carboxylic acids is 3. The molecule has 1 aromatic heterocycles. The monoisotopic (exact) mass is 549 g/mol. The molecule has 0 amide bonds. The van der Waals surface area contributed by atoms with Gasteiger partial charge < -0.3 is 9.32 Å². The Morgan fingerprint density at radius 1 is 0.865 bits per heavy atom. The third kappa shape index (κ3) is 2.87. The summed E-state index contributed by atoms with van der Waals surface area (Å²) in [6.45, 7) is 0. The van der Waals surface area contributed by atoms with E-state index in [-0.39, 0.29) is 17.3 Å². The number of Topliss-reactive ketones (excluding diaryl/α,β-unsaturated/α-hetero) is 3. The Morgan fingerprint density at radius 2 is 1.57 bits per heavy atom. The van der Waals surface area contributed by atoms with E-state index < -0.39 is 23.4 Å². The lowest BCUT2D eigenvalue weighted by Crippen LogP contribution is -2.48. The molecule has 4 aromatic rings. The lowest BCUT2D eigenvalue weighted by Gasteiger charge is -2.37. The number of hydrogen-bond acceptors (Lipinski definition) is 5. The molecule has 5 nitrogen and oxygen atoms in total. The van der Waals surface area contributed by atoms with Gasteiger partial charge in [-0.2, -0.15) is 0 Å². The summed E-state index contributed by atoms with van der Waals surface area (Å²) < 4.78 is 6.81. The molecule has 0 N–H and O–H groups in total. The maximum atomic E-state index is 14.4. The number of hydrogen-bond donors (Lipinski definition) is 0. The number of fused-ring (bicyclic) bond motifs is 5. The zero-order valence-corrected chi connectivity index (χ0v) is 21.1. The van der Waals surface area contributed by atoms with E-state index in [0.29, 0.717) is 22.5 Å². The summed E-state index contributed by atoms with van der Waals surface area (Å²) >= 11 is 3.54. The quantitative estimate of drug-likeness (QED) is 0.220. The van der Waals surface area contributed by atoms with Crippen molar-refractivity contribution < 1.29 is 18.8 Å². The molecule has 1 aliphatic carbocycles. The first-order chi connectivity index (χ1) is 18.0. The zero-order chi connectivity index (χ0) is 25.3. The Balaban J connectivity index is 1.55. The Labute approximate surface area is 221 Å². The van der Waals surface area contributed by atoms with E-state index in [4.69, 9.17) is 4.42 Å². The van der Waals surface area contributed by atoms with Crippen LogP contribution in [0.15, 0.2) is 106 Å². The summed E-state index contributed by atoms with van der Waals surface area (Å²) in [5.74, 6) is -1.07. The van der Waals surface area contributed by atoms with Crippen LogP contribution >= 0.6 is 15.9 Å². The van der Waals surface area contributed by atoms with Gasteiger partial charge >= 0.3 is 0 Å². The molecule has 6 heteroatoms. The van der Waals surface area contributed by atoms with Crippen molar-refractivity contribution in [3.05, 3.63) is 130 Å². The molecular formula is C31H20BrNO4. The van der Waals surface area contributed by atoms with E-state index in [1.807, 2.05) is 53.5 Å². The van der Waals surface area contributed by atoms with Crippen LogP contribution in [-0.4, -0.2) is 29.4 Å². The summed E-state index contributed by atoms with van der Waals surface area (Å²) in [6, 6.07) is 23.8. The molecule has 3 atom stereocenters. The molecule has 1 saturated heterocycles. The van der Waals surface area contributed by atoms with Gasteiger partial charge in [0.15, 0.2) is 17.3 Å². The van der Waals surface area contributed by atoms with Crippen LogP contribution in [0.3, 0.4) is 0 Å². The van der Waals surface area contributed by atoms with Gasteiger partial charge in [0.25, 0.3) is 0 Å². The fourth-order valence-electron chi connectivity index (χ4n) is 6.50. The molecule has 3 aromatic carbocycles. The first-order valence-corrected chi connectivity index (χ1v) is 12.9. The molecule has 3 aliphatic rings. The molecule has 0 radical (unpaired) electrons. The average molecular weight is 550 g/mol. The van der Waals surface area contributed by atoms with Gasteiger partial charge in [0, 0.05) is 26.9 Å². The minimum atomic E-state index is -1.54. The highest BCUT2D eigenvalue weighted by molar-refractivity contribution is 9.10. The lowest BCUT2D eigenvalue weighted by molar-refractivity contribution is 0.0652. The van der Waals surface area contributed by atoms with E-state index in [1.54, 1.807) is 48.5 Å². The Hall–Kier alpha value is -4.03. The SMILES string of the molecule is O=C(c1ccccc1)C1C(c2ccco2)C2(C(=O)c3ccccc3C2=O)C2C=Cc3cc(Br)ccc3N12. The van der Waals surface area contributed by atoms with E-state index in [0.717, 1.165) is 15.7 Å². The van der Waals surface area contributed by atoms with Crippen molar-refractivity contribution in [3.8, 4) is 0 Å². The third-order valence-electron chi connectivity index (χ3n) is 7.94. The van der Waals surface area contributed by atoms with Gasteiger partial charge in [-0.05, 0) is 35.9 Å². The summed E-state index contributed by atoms with van der Waals surface area (Å²) in [7, 11) is 0. The fourth-order valence-corrected chi connectivity index (χ4v) is 6.88. The largest absolute Gasteiger partial charge is 0.469 e. The lowest BCUT2D eigenvalue weighted by atomic mass is 9.65. The maximum Gasteiger partial charge on any atom is 0.186 e. The van der Waals surface area contributed by atoms with Crippen molar-refractivity contribution in [3.63, 3.8) is 0 Å². The molecular weight excluding hydrogens is 530 g/mol. The van der Waals surface area contributed by atoms with Crippen LogP contribution in [0.25, 0.3) is 6.08 Å². The summed E-state index contributed by atoms with van der Waals surface area (Å²) in [6.07, 6.45) is 5.38. The number of nitrogens with zero attached hydrogens (tertiary/aromatic N) is 1.